The van der Waals surface area contributed by atoms with Crippen LogP contribution < -0.4 is 0 Å². The number of ether oxygens (including phenoxy) is 1. The first-order chi connectivity index (χ1) is 4.41. The summed E-state index contributed by atoms with van der Waals surface area (Å²) >= 11 is 0. The zero-order chi connectivity index (χ0) is 6.95. The molecule has 0 fully saturated rings. The first-order valence-corrected chi connectivity index (χ1v) is 2.97. The number of nitriles is 1. The van der Waals surface area contributed by atoms with Gasteiger partial charge in [0.15, 0.2) is 0 Å². The van der Waals surface area contributed by atoms with E-state index >= 15 is 0 Å². The molecule has 0 aromatic rings. The average molecular weight is 129 g/mol. The van der Waals surface area contributed by atoms with Gasteiger partial charge in [-0.25, -0.2) is 0 Å². The number of aliphatic hydroxyl groups excluding tert-OH is 1. The van der Waals surface area contributed by atoms with E-state index in [-0.39, 0.29) is 6.61 Å². The highest BCUT2D eigenvalue weighted by molar-refractivity contribution is 4.67. The fourth-order valence-corrected chi connectivity index (χ4v) is 0.420. The quantitative estimate of drug-likeness (QED) is 0.543. The maximum Gasteiger partial charge on any atom is 0.0697 e. The van der Waals surface area contributed by atoms with Gasteiger partial charge in [0.25, 0.3) is 0 Å². The minimum absolute atomic E-state index is 0.0621. The molecule has 52 valence electrons. The summed E-state index contributed by atoms with van der Waals surface area (Å²) in [6.45, 7) is 1.02. The number of unbranched alkanes of at least 4 members (excludes halogenated alkanes) is 1. The molecule has 0 saturated carbocycles. The van der Waals surface area contributed by atoms with Crippen LogP contribution in [0.3, 0.4) is 0 Å². The molecule has 0 aliphatic carbocycles. The van der Waals surface area contributed by atoms with Gasteiger partial charge >= 0.3 is 0 Å². The largest absolute Gasteiger partial charge is 0.394 e. The normalized spacial score (nSPS) is 8.89. The molecule has 0 radical (unpaired) electrons. The number of hydrogen-bond acceptors (Lipinski definition) is 3. The van der Waals surface area contributed by atoms with E-state index in [0.717, 1.165) is 6.42 Å². The standard InChI is InChI=1S/C6H11NO2/c7-3-1-2-5-9-6-4-8/h8H,1-2,4-6H2. The highest BCUT2D eigenvalue weighted by atomic mass is 16.5. The first kappa shape index (κ1) is 8.41. The Labute approximate surface area is 54.9 Å². The summed E-state index contributed by atoms with van der Waals surface area (Å²) in [5.74, 6) is 0. The molecular formula is C6H11NO2. The Balaban J connectivity index is 2.69. The molecular weight excluding hydrogens is 118 g/mol. The van der Waals surface area contributed by atoms with E-state index in [9.17, 15) is 0 Å². The van der Waals surface area contributed by atoms with E-state index in [0.29, 0.717) is 19.6 Å². The number of hydrogen-bond donors (Lipinski definition) is 1. The van der Waals surface area contributed by atoms with Gasteiger partial charge in [-0.15, -0.1) is 0 Å². The SMILES string of the molecule is N#CCCCOCCO. The van der Waals surface area contributed by atoms with Crippen molar-refractivity contribution >= 4 is 0 Å². The lowest BCUT2D eigenvalue weighted by molar-refractivity contribution is 0.0913. The second-order valence-corrected chi connectivity index (χ2v) is 1.60. The number of rotatable bonds is 5. The zero-order valence-electron chi connectivity index (χ0n) is 5.34. The summed E-state index contributed by atoms with van der Waals surface area (Å²) in [6.07, 6.45) is 1.29. The number of aliphatic hydroxyl groups is 1. The van der Waals surface area contributed by atoms with E-state index < -0.39 is 0 Å². The summed E-state index contributed by atoms with van der Waals surface area (Å²) in [7, 11) is 0. The van der Waals surface area contributed by atoms with Gasteiger partial charge in [-0.3, -0.25) is 0 Å². The lowest BCUT2D eigenvalue weighted by Crippen LogP contribution is -1.99. The summed E-state index contributed by atoms with van der Waals surface area (Å²) in [4.78, 5) is 0. The van der Waals surface area contributed by atoms with Crippen molar-refractivity contribution in [3.63, 3.8) is 0 Å². The van der Waals surface area contributed by atoms with E-state index in [1.54, 1.807) is 0 Å². The Hall–Kier alpha value is -0.590. The lowest BCUT2D eigenvalue weighted by Gasteiger charge is -1.96. The molecule has 0 amide bonds. The Kier molecular flexibility index (Phi) is 6.92. The highest BCUT2D eigenvalue weighted by Crippen LogP contribution is 1.86. The molecule has 0 aliphatic rings. The van der Waals surface area contributed by atoms with E-state index in [1.807, 2.05) is 6.07 Å². The second-order valence-electron chi connectivity index (χ2n) is 1.60. The summed E-state index contributed by atoms with van der Waals surface area (Å²) in [5, 5.41) is 16.3. The molecule has 0 unspecified atom stereocenters. The lowest BCUT2D eigenvalue weighted by atomic mass is 10.3. The van der Waals surface area contributed by atoms with Crippen molar-refractivity contribution in [2.24, 2.45) is 0 Å². The van der Waals surface area contributed by atoms with Gasteiger partial charge in [-0.1, -0.05) is 0 Å². The summed E-state index contributed by atoms with van der Waals surface area (Å²) in [5.41, 5.74) is 0. The Bertz CT molecular complexity index is 87.5. The van der Waals surface area contributed by atoms with Crippen molar-refractivity contribution in [2.45, 2.75) is 12.8 Å². The maximum absolute atomic E-state index is 8.23. The minimum Gasteiger partial charge on any atom is -0.394 e. The Morgan fingerprint density at radius 1 is 1.44 bits per heavy atom. The van der Waals surface area contributed by atoms with Crippen molar-refractivity contribution in [3.8, 4) is 6.07 Å². The summed E-state index contributed by atoms with van der Waals surface area (Å²) < 4.78 is 4.88. The van der Waals surface area contributed by atoms with Crippen LogP contribution in [0.25, 0.3) is 0 Å². The van der Waals surface area contributed by atoms with Crippen LogP contribution in [-0.2, 0) is 4.74 Å². The van der Waals surface area contributed by atoms with Gasteiger partial charge < -0.3 is 9.84 Å². The monoisotopic (exact) mass is 129 g/mol. The van der Waals surface area contributed by atoms with Crippen molar-refractivity contribution in [3.05, 3.63) is 0 Å². The van der Waals surface area contributed by atoms with Crippen molar-refractivity contribution in [1.82, 2.24) is 0 Å². The van der Waals surface area contributed by atoms with E-state index in [2.05, 4.69) is 0 Å². The van der Waals surface area contributed by atoms with Crippen LogP contribution >= 0.6 is 0 Å². The first-order valence-electron chi connectivity index (χ1n) is 2.97. The third-order valence-electron chi connectivity index (χ3n) is 0.813. The predicted molar refractivity (Wildman–Crippen MR) is 32.8 cm³/mol. The van der Waals surface area contributed by atoms with Crippen molar-refractivity contribution < 1.29 is 9.84 Å². The highest BCUT2D eigenvalue weighted by Gasteiger charge is 1.85. The van der Waals surface area contributed by atoms with Crippen LogP contribution in [0, 0.1) is 11.3 Å². The average Bonchev–Trinajstić information content (AvgIpc) is 1.89. The van der Waals surface area contributed by atoms with Gasteiger partial charge in [0.05, 0.1) is 19.3 Å². The Morgan fingerprint density at radius 3 is 2.78 bits per heavy atom. The number of nitrogens with zero attached hydrogens (tertiary/aromatic N) is 1. The van der Waals surface area contributed by atoms with E-state index in [1.165, 1.54) is 0 Å². The molecule has 9 heavy (non-hydrogen) atoms. The second kappa shape index (κ2) is 7.41. The van der Waals surface area contributed by atoms with Gasteiger partial charge in [0, 0.05) is 13.0 Å². The molecule has 0 aliphatic heterocycles. The fourth-order valence-electron chi connectivity index (χ4n) is 0.420. The molecule has 1 N–H and O–H groups in total. The maximum atomic E-state index is 8.23. The molecule has 0 rings (SSSR count). The molecule has 3 heteroatoms. The molecule has 0 aromatic carbocycles. The molecule has 0 atom stereocenters. The zero-order valence-corrected chi connectivity index (χ0v) is 5.34. The third kappa shape index (κ3) is 7.41. The van der Waals surface area contributed by atoms with Gasteiger partial charge in [0.1, 0.15) is 0 Å². The molecule has 0 heterocycles. The molecule has 0 aromatic heterocycles. The van der Waals surface area contributed by atoms with E-state index in [4.69, 9.17) is 15.1 Å². The van der Waals surface area contributed by atoms with Crippen molar-refractivity contribution in [1.29, 1.82) is 5.26 Å². The topological polar surface area (TPSA) is 53.2 Å². The summed E-state index contributed by atoms with van der Waals surface area (Å²) in [6, 6.07) is 2.00. The molecule has 0 saturated heterocycles. The smallest absolute Gasteiger partial charge is 0.0697 e. The van der Waals surface area contributed by atoms with Gasteiger partial charge in [-0.2, -0.15) is 5.26 Å². The molecule has 0 spiro atoms. The fraction of sp³-hybridized carbons (Fsp3) is 0.833. The van der Waals surface area contributed by atoms with Gasteiger partial charge in [-0.05, 0) is 6.42 Å². The molecule has 0 bridgehead atoms. The van der Waals surface area contributed by atoms with Crippen LogP contribution in [0.2, 0.25) is 0 Å². The predicted octanol–water partition coefficient (Wildman–Crippen LogP) is 0.299. The third-order valence-corrected chi connectivity index (χ3v) is 0.813. The van der Waals surface area contributed by atoms with Crippen LogP contribution in [-0.4, -0.2) is 24.9 Å². The molecule has 3 nitrogen and oxygen atoms in total. The van der Waals surface area contributed by atoms with Crippen molar-refractivity contribution in [2.75, 3.05) is 19.8 Å². The van der Waals surface area contributed by atoms with Gasteiger partial charge in [0.2, 0.25) is 0 Å². The van der Waals surface area contributed by atoms with Crippen LogP contribution in [0.4, 0.5) is 0 Å². The van der Waals surface area contributed by atoms with Crippen LogP contribution in [0.5, 0.6) is 0 Å². The Morgan fingerprint density at radius 2 is 2.22 bits per heavy atom. The minimum atomic E-state index is 0.0621. The van der Waals surface area contributed by atoms with Crippen LogP contribution in [0.1, 0.15) is 12.8 Å². The van der Waals surface area contributed by atoms with Crippen LogP contribution in [0.15, 0.2) is 0 Å².